The van der Waals surface area contributed by atoms with Gasteiger partial charge in [-0.15, -0.1) is 0 Å². The Kier molecular flexibility index (Phi) is 8.39. The van der Waals surface area contributed by atoms with E-state index in [0.717, 1.165) is 22.3 Å². The number of carbonyl (C=O) groups is 1. The van der Waals surface area contributed by atoms with Gasteiger partial charge in [0, 0.05) is 24.4 Å². The number of anilines is 1. The van der Waals surface area contributed by atoms with Crippen molar-refractivity contribution in [1.82, 2.24) is 4.98 Å². The van der Waals surface area contributed by atoms with Gasteiger partial charge < -0.3 is 15.8 Å². The first-order chi connectivity index (χ1) is 14.0. The van der Waals surface area contributed by atoms with E-state index in [0.29, 0.717) is 28.8 Å². The maximum absolute atomic E-state index is 13.9. The SMILES string of the molecule is CC.COc1ccc(CNc2nc3cc(F)c(Br)cc3cc2CCC(N)=O)cc1. The van der Waals surface area contributed by atoms with Crippen LogP contribution in [0.2, 0.25) is 0 Å². The van der Waals surface area contributed by atoms with E-state index in [9.17, 15) is 9.18 Å². The van der Waals surface area contributed by atoms with Gasteiger partial charge in [-0.25, -0.2) is 9.37 Å². The number of hydrogen-bond acceptors (Lipinski definition) is 4. The second-order valence-electron chi connectivity index (χ2n) is 6.12. The lowest BCUT2D eigenvalue weighted by molar-refractivity contribution is -0.117. The van der Waals surface area contributed by atoms with Crippen molar-refractivity contribution < 1.29 is 13.9 Å². The van der Waals surface area contributed by atoms with Crippen LogP contribution in [0.3, 0.4) is 0 Å². The van der Waals surface area contributed by atoms with Crippen LogP contribution in [-0.4, -0.2) is 18.0 Å². The van der Waals surface area contributed by atoms with Crippen LogP contribution in [0.5, 0.6) is 5.75 Å². The van der Waals surface area contributed by atoms with Gasteiger partial charge in [0.2, 0.25) is 5.91 Å². The Morgan fingerprint density at radius 3 is 2.52 bits per heavy atom. The number of fused-ring (bicyclic) bond motifs is 1. The van der Waals surface area contributed by atoms with Crippen molar-refractivity contribution >= 4 is 38.6 Å². The zero-order chi connectivity index (χ0) is 21.4. The first-order valence-electron chi connectivity index (χ1n) is 9.40. The molecule has 0 radical (unpaired) electrons. The van der Waals surface area contributed by atoms with Crippen LogP contribution < -0.4 is 15.8 Å². The third-order valence-electron chi connectivity index (χ3n) is 4.20. The molecule has 5 nitrogen and oxygen atoms in total. The topological polar surface area (TPSA) is 77.2 Å². The van der Waals surface area contributed by atoms with Crippen molar-refractivity contribution in [3.8, 4) is 5.75 Å². The third kappa shape index (κ3) is 6.15. The molecule has 3 aromatic rings. The van der Waals surface area contributed by atoms with Gasteiger partial charge in [0.25, 0.3) is 0 Å². The number of nitrogens with zero attached hydrogens (tertiary/aromatic N) is 1. The summed E-state index contributed by atoms with van der Waals surface area (Å²) < 4.78 is 19.4. The molecule has 0 atom stereocenters. The van der Waals surface area contributed by atoms with E-state index in [-0.39, 0.29) is 18.1 Å². The van der Waals surface area contributed by atoms with Gasteiger partial charge in [0.15, 0.2) is 0 Å². The first-order valence-corrected chi connectivity index (χ1v) is 10.2. The smallest absolute Gasteiger partial charge is 0.217 e. The lowest BCUT2D eigenvalue weighted by Gasteiger charge is -2.13. The van der Waals surface area contributed by atoms with Gasteiger partial charge in [0.1, 0.15) is 17.4 Å². The molecular weight excluding hydrogens is 437 g/mol. The highest BCUT2D eigenvalue weighted by atomic mass is 79.9. The van der Waals surface area contributed by atoms with Crippen molar-refractivity contribution in [1.29, 1.82) is 0 Å². The number of ether oxygens (including phenoxy) is 1. The van der Waals surface area contributed by atoms with E-state index < -0.39 is 0 Å². The highest BCUT2D eigenvalue weighted by Crippen LogP contribution is 2.27. The largest absolute Gasteiger partial charge is 0.497 e. The average Bonchev–Trinajstić information content (AvgIpc) is 2.73. The quantitative estimate of drug-likeness (QED) is 0.506. The lowest BCUT2D eigenvalue weighted by atomic mass is 10.1. The lowest BCUT2D eigenvalue weighted by Crippen LogP contribution is -2.12. The van der Waals surface area contributed by atoms with Gasteiger partial charge in [-0.3, -0.25) is 4.79 Å². The summed E-state index contributed by atoms with van der Waals surface area (Å²) in [6.45, 7) is 4.53. The van der Waals surface area contributed by atoms with E-state index in [1.54, 1.807) is 13.2 Å². The number of nitrogens with one attached hydrogen (secondary N) is 1. The zero-order valence-corrected chi connectivity index (χ0v) is 18.3. The normalized spacial score (nSPS) is 10.2. The molecule has 3 rings (SSSR count). The molecule has 29 heavy (non-hydrogen) atoms. The van der Waals surface area contributed by atoms with Crippen LogP contribution in [-0.2, 0) is 17.8 Å². The van der Waals surface area contributed by atoms with Crippen LogP contribution in [0.25, 0.3) is 10.9 Å². The predicted molar refractivity (Wildman–Crippen MR) is 119 cm³/mol. The molecule has 3 N–H and O–H groups in total. The van der Waals surface area contributed by atoms with Crippen molar-refractivity contribution in [2.45, 2.75) is 33.2 Å². The second-order valence-corrected chi connectivity index (χ2v) is 6.98. The van der Waals surface area contributed by atoms with Gasteiger partial charge >= 0.3 is 0 Å². The number of aromatic nitrogens is 1. The van der Waals surface area contributed by atoms with Gasteiger partial charge in [-0.05, 0) is 57.7 Å². The van der Waals surface area contributed by atoms with Crippen LogP contribution in [0.4, 0.5) is 10.2 Å². The fraction of sp³-hybridized carbons (Fsp3) is 0.273. The zero-order valence-electron chi connectivity index (χ0n) is 16.8. The standard InChI is InChI=1S/C20H19BrFN3O2.C2H6/c1-27-15-5-2-12(3-6-15)11-24-20-13(4-7-19(23)26)8-14-9-16(21)17(22)10-18(14)25-20;1-2/h2-3,5-6,8-10H,4,7,11H2,1H3,(H2,23,26)(H,24,25);1-2H3. The third-order valence-corrected chi connectivity index (χ3v) is 4.80. The fourth-order valence-corrected chi connectivity index (χ4v) is 3.10. The Hall–Kier alpha value is -2.67. The highest BCUT2D eigenvalue weighted by Gasteiger charge is 2.11. The molecule has 0 saturated heterocycles. The van der Waals surface area contributed by atoms with Crippen molar-refractivity contribution in [2.24, 2.45) is 5.73 Å². The van der Waals surface area contributed by atoms with E-state index in [1.165, 1.54) is 6.07 Å². The highest BCUT2D eigenvalue weighted by molar-refractivity contribution is 9.10. The average molecular weight is 462 g/mol. The van der Waals surface area contributed by atoms with Crippen molar-refractivity contribution in [3.63, 3.8) is 0 Å². The number of hydrogen-bond donors (Lipinski definition) is 2. The number of amides is 1. The van der Waals surface area contributed by atoms with Crippen molar-refractivity contribution in [3.05, 3.63) is 63.9 Å². The van der Waals surface area contributed by atoms with Gasteiger partial charge in [0.05, 0.1) is 17.1 Å². The minimum absolute atomic E-state index is 0.215. The molecule has 1 amide bonds. The fourth-order valence-electron chi connectivity index (χ4n) is 2.74. The molecule has 0 aliphatic carbocycles. The molecule has 7 heteroatoms. The summed E-state index contributed by atoms with van der Waals surface area (Å²) in [6.07, 6.45) is 0.672. The second kappa shape index (κ2) is 10.8. The molecule has 0 fully saturated rings. The number of nitrogens with two attached hydrogens (primary N) is 1. The van der Waals surface area contributed by atoms with Crippen LogP contribution in [0.1, 0.15) is 31.4 Å². The molecule has 1 heterocycles. The Labute approximate surface area is 178 Å². The number of halogens is 2. The number of pyridine rings is 1. The molecule has 154 valence electrons. The number of carbonyl (C=O) groups excluding carboxylic acids is 1. The minimum Gasteiger partial charge on any atom is -0.497 e. The molecule has 1 aromatic heterocycles. The Morgan fingerprint density at radius 2 is 1.90 bits per heavy atom. The molecule has 0 spiro atoms. The van der Waals surface area contributed by atoms with E-state index >= 15 is 0 Å². The Balaban J connectivity index is 0.00000145. The Morgan fingerprint density at radius 1 is 1.21 bits per heavy atom. The molecule has 2 aromatic carbocycles. The maximum atomic E-state index is 13.9. The number of methoxy groups -OCH3 is 1. The maximum Gasteiger partial charge on any atom is 0.217 e. The number of aryl methyl sites for hydroxylation is 1. The van der Waals surface area contributed by atoms with Crippen molar-refractivity contribution in [2.75, 3.05) is 12.4 Å². The molecule has 0 unspecified atom stereocenters. The summed E-state index contributed by atoms with van der Waals surface area (Å²) in [5, 5.41) is 4.07. The van der Waals surface area contributed by atoms with Gasteiger partial charge in [-0.2, -0.15) is 0 Å². The predicted octanol–water partition coefficient (Wildman–Crippen LogP) is 5.20. The Bertz CT molecular complexity index is 978. The number of benzene rings is 2. The van der Waals surface area contributed by atoms with Crippen LogP contribution in [0.15, 0.2) is 46.9 Å². The summed E-state index contributed by atoms with van der Waals surface area (Å²) in [4.78, 5) is 15.8. The summed E-state index contributed by atoms with van der Waals surface area (Å²) >= 11 is 3.19. The van der Waals surface area contributed by atoms with Crippen LogP contribution in [0, 0.1) is 5.82 Å². The van der Waals surface area contributed by atoms with Gasteiger partial charge in [-0.1, -0.05) is 26.0 Å². The summed E-state index contributed by atoms with van der Waals surface area (Å²) in [5.41, 5.74) is 7.73. The number of primary amides is 1. The first kappa shape index (κ1) is 22.6. The minimum atomic E-state index is -0.378. The molecule has 0 aliphatic heterocycles. The summed E-state index contributed by atoms with van der Waals surface area (Å²) in [5.74, 6) is 0.643. The molecular formula is C22H25BrFN3O2. The summed E-state index contributed by atoms with van der Waals surface area (Å²) in [7, 11) is 1.62. The number of rotatable bonds is 7. The van der Waals surface area contributed by atoms with Crippen LogP contribution >= 0.6 is 15.9 Å². The molecule has 0 aliphatic rings. The molecule has 0 saturated carbocycles. The van der Waals surface area contributed by atoms with E-state index in [4.69, 9.17) is 10.5 Å². The molecule has 0 bridgehead atoms. The van der Waals surface area contributed by atoms with E-state index in [2.05, 4.69) is 26.2 Å². The summed E-state index contributed by atoms with van der Waals surface area (Å²) in [6, 6.07) is 12.6. The van der Waals surface area contributed by atoms with E-state index in [1.807, 2.05) is 44.2 Å². The monoisotopic (exact) mass is 461 g/mol.